The lowest BCUT2D eigenvalue weighted by atomic mass is 10.2. The Hall–Kier alpha value is -1.26. The predicted molar refractivity (Wildman–Crippen MR) is 69.4 cm³/mol. The van der Waals surface area contributed by atoms with Crippen LogP contribution in [0.15, 0.2) is 24.3 Å². The quantitative estimate of drug-likeness (QED) is 0.765. The Kier molecular flexibility index (Phi) is 5.80. The van der Waals surface area contributed by atoms with E-state index in [1.165, 1.54) is 0 Å². The van der Waals surface area contributed by atoms with Crippen molar-refractivity contribution in [1.29, 1.82) is 0 Å². The summed E-state index contributed by atoms with van der Waals surface area (Å²) in [6.45, 7) is 2.83. The van der Waals surface area contributed by atoms with Gasteiger partial charge in [-0.2, -0.15) is 0 Å². The van der Waals surface area contributed by atoms with Gasteiger partial charge in [0, 0.05) is 24.4 Å². The summed E-state index contributed by atoms with van der Waals surface area (Å²) in [6.07, 6.45) is 0. The standard InChI is InChI=1S/C12H17ClN2O2/c1-9(12(16)14-7-8-17-2)15-11-5-3-10(13)4-6-11/h3-6,9,15H,7-8H2,1-2H3,(H,14,16). The first-order valence-electron chi connectivity index (χ1n) is 5.42. The van der Waals surface area contributed by atoms with Crippen molar-refractivity contribution < 1.29 is 9.53 Å². The third kappa shape index (κ3) is 5.06. The number of halogens is 1. The summed E-state index contributed by atoms with van der Waals surface area (Å²) < 4.78 is 4.85. The monoisotopic (exact) mass is 256 g/mol. The van der Waals surface area contributed by atoms with E-state index in [0.717, 1.165) is 5.69 Å². The maximum Gasteiger partial charge on any atom is 0.242 e. The third-order valence-corrected chi connectivity index (χ3v) is 2.48. The molecule has 1 unspecified atom stereocenters. The summed E-state index contributed by atoms with van der Waals surface area (Å²) in [5, 5.41) is 6.52. The van der Waals surface area contributed by atoms with Crippen LogP contribution in [0, 0.1) is 0 Å². The van der Waals surface area contributed by atoms with Gasteiger partial charge >= 0.3 is 0 Å². The Morgan fingerprint density at radius 2 is 2.06 bits per heavy atom. The topological polar surface area (TPSA) is 50.4 Å². The van der Waals surface area contributed by atoms with E-state index in [1.54, 1.807) is 26.2 Å². The largest absolute Gasteiger partial charge is 0.383 e. The van der Waals surface area contributed by atoms with Crippen LogP contribution in [0.3, 0.4) is 0 Å². The van der Waals surface area contributed by atoms with Crippen LogP contribution >= 0.6 is 11.6 Å². The highest BCUT2D eigenvalue weighted by Gasteiger charge is 2.11. The van der Waals surface area contributed by atoms with Crippen molar-refractivity contribution in [2.24, 2.45) is 0 Å². The zero-order valence-corrected chi connectivity index (χ0v) is 10.8. The number of carbonyl (C=O) groups is 1. The van der Waals surface area contributed by atoms with Crippen LogP contribution < -0.4 is 10.6 Å². The maximum atomic E-state index is 11.6. The molecule has 0 bridgehead atoms. The zero-order valence-electron chi connectivity index (χ0n) is 10.00. The van der Waals surface area contributed by atoms with Gasteiger partial charge in [-0.05, 0) is 31.2 Å². The van der Waals surface area contributed by atoms with Gasteiger partial charge < -0.3 is 15.4 Å². The first-order chi connectivity index (χ1) is 8.13. The molecule has 0 saturated heterocycles. The summed E-state index contributed by atoms with van der Waals surface area (Å²) in [6, 6.07) is 6.93. The van der Waals surface area contributed by atoms with Crippen molar-refractivity contribution in [3.63, 3.8) is 0 Å². The number of carbonyl (C=O) groups excluding carboxylic acids is 1. The molecular weight excluding hydrogens is 240 g/mol. The van der Waals surface area contributed by atoms with E-state index >= 15 is 0 Å². The minimum atomic E-state index is -0.298. The minimum absolute atomic E-state index is 0.0583. The van der Waals surface area contributed by atoms with Crippen LogP contribution in [-0.4, -0.2) is 32.2 Å². The summed E-state index contributed by atoms with van der Waals surface area (Å²) in [4.78, 5) is 11.6. The first kappa shape index (κ1) is 13.8. The summed E-state index contributed by atoms with van der Waals surface area (Å²) in [5.74, 6) is -0.0583. The van der Waals surface area contributed by atoms with Gasteiger partial charge in [-0.3, -0.25) is 4.79 Å². The molecule has 94 valence electrons. The predicted octanol–water partition coefficient (Wildman–Crippen LogP) is 1.90. The lowest BCUT2D eigenvalue weighted by Crippen LogP contribution is -2.39. The van der Waals surface area contributed by atoms with Crippen LogP contribution in [0.2, 0.25) is 5.02 Å². The molecule has 0 radical (unpaired) electrons. The Morgan fingerprint density at radius 1 is 1.41 bits per heavy atom. The SMILES string of the molecule is COCCNC(=O)C(C)Nc1ccc(Cl)cc1. The number of nitrogens with one attached hydrogen (secondary N) is 2. The molecule has 0 heterocycles. The van der Waals surface area contributed by atoms with Crippen molar-refractivity contribution >= 4 is 23.2 Å². The van der Waals surface area contributed by atoms with Crippen LogP contribution in [-0.2, 0) is 9.53 Å². The molecule has 1 aromatic carbocycles. The number of hydrogen-bond donors (Lipinski definition) is 2. The second-order valence-corrected chi connectivity index (χ2v) is 4.09. The molecule has 5 heteroatoms. The third-order valence-electron chi connectivity index (χ3n) is 2.23. The van der Waals surface area contributed by atoms with Crippen LogP contribution in [0.5, 0.6) is 0 Å². The first-order valence-corrected chi connectivity index (χ1v) is 5.80. The van der Waals surface area contributed by atoms with E-state index in [2.05, 4.69) is 10.6 Å². The van der Waals surface area contributed by atoms with E-state index in [9.17, 15) is 4.79 Å². The molecule has 0 fully saturated rings. The Labute approximate surface area is 106 Å². The summed E-state index contributed by atoms with van der Waals surface area (Å²) in [5.41, 5.74) is 0.865. The van der Waals surface area contributed by atoms with E-state index in [-0.39, 0.29) is 11.9 Å². The molecule has 0 aliphatic heterocycles. The van der Waals surface area contributed by atoms with Crippen LogP contribution in [0.1, 0.15) is 6.92 Å². The van der Waals surface area contributed by atoms with Gasteiger partial charge in [0.05, 0.1) is 6.61 Å². The second-order valence-electron chi connectivity index (χ2n) is 3.66. The number of amides is 1. The molecule has 0 aliphatic carbocycles. The molecule has 0 spiro atoms. The van der Waals surface area contributed by atoms with Gasteiger partial charge in [-0.1, -0.05) is 11.6 Å². The highest BCUT2D eigenvalue weighted by molar-refractivity contribution is 6.30. The van der Waals surface area contributed by atoms with Crippen molar-refractivity contribution in [2.75, 3.05) is 25.6 Å². The van der Waals surface area contributed by atoms with E-state index < -0.39 is 0 Å². The highest BCUT2D eigenvalue weighted by atomic mass is 35.5. The second kappa shape index (κ2) is 7.14. The van der Waals surface area contributed by atoms with Crippen molar-refractivity contribution in [3.05, 3.63) is 29.3 Å². The fourth-order valence-corrected chi connectivity index (χ4v) is 1.42. The Morgan fingerprint density at radius 3 is 2.65 bits per heavy atom. The van der Waals surface area contributed by atoms with Gasteiger partial charge in [0.25, 0.3) is 0 Å². The molecule has 1 aromatic rings. The molecule has 1 atom stereocenters. The summed E-state index contributed by atoms with van der Waals surface area (Å²) >= 11 is 5.77. The average molecular weight is 257 g/mol. The molecule has 1 rings (SSSR count). The molecule has 1 amide bonds. The van der Waals surface area contributed by atoms with Crippen molar-refractivity contribution in [2.45, 2.75) is 13.0 Å². The number of methoxy groups -OCH3 is 1. The lowest BCUT2D eigenvalue weighted by Gasteiger charge is -2.15. The van der Waals surface area contributed by atoms with E-state index in [0.29, 0.717) is 18.2 Å². The number of hydrogen-bond acceptors (Lipinski definition) is 3. The summed E-state index contributed by atoms with van der Waals surface area (Å²) in [7, 11) is 1.60. The minimum Gasteiger partial charge on any atom is -0.383 e. The zero-order chi connectivity index (χ0) is 12.7. The van der Waals surface area contributed by atoms with E-state index in [1.807, 2.05) is 12.1 Å². The van der Waals surface area contributed by atoms with Gasteiger partial charge in [-0.25, -0.2) is 0 Å². The molecule has 0 aliphatic rings. The smallest absolute Gasteiger partial charge is 0.242 e. The maximum absolute atomic E-state index is 11.6. The molecule has 4 nitrogen and oxygen atoms in total. The van der Waals surface area contributed by atoms with Gasteiger partial charge in [0.15, 0.2) is 0 Å². The van der Waals surface area contributed by atoms with Gasteiger partial charge in [0.1, 0.15) is 6.04 Å². The number of benzene rings is 1. The number of rotatable bonds is 6. The fourth-order valence-electron chi connectivity index (χ4n) is 1.29. The fraction of sp³-hybridized carbons (Fsp3) is 0.417. The number of anilines is 1. The average Bonchev–Trinajstić information content (AvgIpc) is 2.32. The van der Waals surface area contributed by atoms with Crippen LogP contribution in [0.4, 0.5) is 5.69 Å². The molecule has 17 heavy (non-hydrogen) atoms. The molecule has 0 saturated carbocycles. The Bertz CT molecular complexity index is 354. The lowest BCUT2D eigenvalue weighted by molar-refractivity contribution is -0.121. The van der Waals surface area contributed by atoms with Crippen molar-refractivity contribution in [1.82, 2.24) is 5.32 Å². The normalized spacial score (nSPS) is 11.9. The van der Waals surface area contributed by atoms with Gasteiger partial charge in [-0.15, -0.1) is 0 Å². The van der Waals surface area contributed by atoms with Crippen LogP contribution in [0.25, 0.3) is 0 Å². The van der Waals surface area contributed by atoms with Gasteiger partial charge in [0.2, 0.25) is 5.91 Å². The Balaban J connectivity index is 2.40. The highest BCUT2D eigenvalue weighted by Crippen LogP contribution is 2.14. The molecular formula is C12H17ClN2O2. The van der Waals surface area contributed by atoms with Crippen molar-refractivity contribution in [3.8, 4) is 0 Å². The molecule has 2 N–H and O–H groups in total. The van der Waals surface area contributed by atoms with E-state index in [4.69, 9.17) is 16.3 Å². The number of ether oxygens (including phenoxy) is 1. The molecule has 0 aromatic heterocycles.